The topological polar surface area (TPSA) is 49.3 Å². The third kappa shape index (κ3) is 2.93. The zero-order chi connectivity index (χ0) is 13.0. The average Bonchev–Trinajstić information content (AvgIpc) is 2.39. The SMILES string of the molecule is O=C(O)C1(NCc2ccccc2Br)CCCCC1. The Labute approximate surface area is 116 Å². The number of carboxylic acids is 1. The van der Waals surface area contributed by atoms with E-state index < -0.39 is 11.5 Å². The van der Waals surface area contributed by atoms with Crippen LogP contribution in [0.25, 0.3) is 0 Å². The first-order chi connectivity index (χ1) is 8.64. The van der Waals surface area contributed by atoms with E-state index in [0.717, 1.165) is 42.1 Å². The van der Waals surface area contributed by atoms with E-state index in [-0.39, 0.29) is 0 Å². The summed E-state index contributed by atoms with van der Waals surface area (Å²) < 4.78 is 1.02. The molecule has 3 nitrogen and oxygen atoms in total. The van der Waals surface area contributed by atoms with Crippen LogP contribution in [-0.2, 0) is 11.3 Å². The van der Waals surface area contributed by atoms with Crippen molar-refractivity contribution in [2.45, 2.75) is 44.2 Å². The molecule has 2 rings (SSSR count). The molecular formula is C14H18BrNO2. The van der Waals surface area contributed by atoms with Crippen molar-refractivity contribution in [2.75, 3.05) is 0 Å². The summed E-state index contributed by atoms with van der Waals surface area (Å²) in [6, 6.07) is 7.91. The summed E-state index contributed by atoms with van der Waals surface area (Å²) in [5.74, 6) is -0.714. The number of benzene rings is 1. The molecule has 0 amide bonds. The second-order valence-corrected chi connectivity index (χ2v) is 5.75. The molecule has 0 bridgehead atoms. The molecule has 98 valence electrons. The molecule has 2 N–H and O–H groups in total. The van der Waals surface area contributed by atoms with E-state index in [1.807, 2.05) is 24.3 Å². The van der Waals surface area contributed by atoms with Crippen molar-refractivity contribution in [3.05, 3.63) is 34.3 Å². The maximum atomic E-state index is 11.5. The van der Waals surface area contributed by atoms with Crippen molar-refractivity contribution in [2.24, 2.45) is 0 Å². The maximum Gasteiger partial charge on any atom is 0.323 e. The number of aliphatic carboxylic acids is 1. The maximum absolute atomic E-state index is 11.5. The molecule has 0 aromatic heterocycles. The minimum Gasteiger partial charge on any atom is -0.480 e. The first kappa shape index (κ1) is 13.6. The second-order valence-electron chi connectivity index (χ2n) is 4.89. The normalized spacial score (nSPS) is 18.5. The first-order valence-electron chi connectivity index (χ1n) is 6.36. The van der Waals surface area contributed by atoms with Gasteiger partial charge in [-0.1, -0.05) is 53.4 Å². The highest BCUT2D eigenvalue weighted by atomic mass is 79.9. The lowest BCUT2D eigenvalue weighted by molar-refractivity contribution is -0.146. The third-order valence-electron chi connectivity index (χ3n) is 3.69. The Morgan fingerprint density at radius 1 is 1.28 bits per heavy atom. The van der Waals surface area contributed by atoms with Crippen LogP contribution in [0, 0.1) is 0 Å². The number of carboxylic acid groups (broad SMARTS) is 1. The molecule has 0 spiro atoms. The number of carbonyl (C=O) groups is 1. The van der Waals surface area contributed by atoms with Crippen LogP contribution in [0.3, 0.4) is 0 Å². The molecular weight excluding hydrogens is 294 g/mol. The number of nitrogens with one attached hydrogen (secondary N) is 1. The lowest BCUT2D eigenvalue weighted by Gasteiger charge is -2.34. The van der Waals surface area contributed by atoms with Gasteiger partial charge in [0, 0.05) is 11.0 Å². The van der Waals surface area contributed by atoms with Gasteiger partial charge in [0.05, 0.1) is 0 Å². The molecule has 0 saturated heterocycles. The second kappa shape index (κ2) is 5.85. The highest BCUT2D eigenvalue weighted by Gasteiger charge is 2.38. The van der Waals surface area contributed by atoms with E-state index >= 15 is 0 Å². The van der Waals surface area contributed by atoms with Crippen LogP contribution in [0.1, 0.15) is 37.7 Å². The van der Waals surface area contributed by atoms with Crippen molar-refractivity contribution in [1.82, 2.24) is 5.32 Å². The fraction of sp³-hybridized carbons (Fsp3) is 0.500. The Morgan fingerprint density at radius 3 is 2.56 bits per heavy atom. The number of hydrogen-bond acceptors (Lipinski definition) is 2. The van der Waals surface area contributed by atoms with Gasteiger partial charge in [0.25, 0.3) is 0 Å². The van der Waals surface area contributed by atoms with Crippen molar-refractivity contribution in [3.63, 3.8) is 0 Å². The van der Waals surface area contributed by atoms with Crippen molar-refractivity contribution in [1.29, 1.82) is 0 Å². The predicted molar refractivity (Wildman–Crippen MR) is 74.4 cm³/mol. The minimum atomic E-state index is -0.729. The zero-order valence-electron chi connectivity index (χ0n) is 10.3. The molecule has 4 heteroatoms. The molecule has 1 aliphatic carbocycles. The van der Waals surface area contributed by atoms with E-state index in [2.05, 4.69) is 21.2 Å². The summed E-state index contributed by atoms with van der Waals surface area (Å²) >= 11 is 3.49. The molecule has 0 radical (unpaired) electrons. The largest absolute Gasteiger partial charge is 0.480 e. The van der Waals surface area contributed by atoms with Crippen molar-refractivity contribution >= 4 is 21.9 Å². The standard InChI is InChI=1S/C14H18BrNO2/c15-12-7-3-2-6-11(12)10-16-14(13(17)18)8-4-1-5-9-14/h2-3,6-7,16H,1,4-5,8-10H2,(H,17,18). The van der Waals surface area contributed by atoms with E-state index in [1.54, 1.807) is 0 Å². The summed E-state index contributed by atoms with van der Waals surface area (Å²) in [5, 5.41) is 12.7. The molecule has 0 aliphatic heterocycles. The Bertz CT molecular complexity index is 428. The van der Waals surface area contributed by atoms with Crippen LogP contribution < -0.4 is 5.32 Å². The highest BCUT2D eigenvalue weighted by Crippen LogP contribution is 2.29. The Hall–Kier alpha value is -0.870. The molecule has 1 aliphatic rings. The number of halogens is 1. The lowest BCUT2D eigenvalue weighted by Crippen LogP contribution is -2.52. The average molecular weight is 312 g/mol. The van der Waals surface area contributed by atoms with Gasteiger partial charge in [-0.05, 0) is 24.5 Å². The summed E-state index contributed by atoms with van der Waals surface area (Å²) in [5.41, 5.74) is 0.372. The third-order valence-corrected chi connectivity index (χ3v) is 4.47. The lowest BCUT2D eigenvalue weighted by atomic mass is 9.81. The van der Waals surface area contributed by atoms with Crippen LogP contribution in [0.2, 0.25) is 0 Å². The molecule has 1 aromatic carbocycles. The van der Waals surface area contributed by atoms with Gasteiger partial charge in [-0.3, -0.25) is 10.1 Å². The number of hydrogen-bond donors (Lipinski definition) is 2. The van der Waals surface area contributed by atoms with Crippen LogP contribution >= 0.6 is 15.9 Å². The number of rotatable bonds is 4. The summed E-state index contributed by atoms with van der Waals surface area (Å²) in [6.45, 7) is 0.591. The zero-order valence-corrected chi connectivity index (χ0v) is 11.9. The minimum absolute atomic E-state index is 0.591. The molecule has 0 heterocycles. The van der Waals surface area contributed by atoms with Crippen LogP contribution in [0.15, 0.2) is 28.7 Å². The molecule has 1 fully saturated rings. The van der Waals surface area contributed by atoms with Gasteiger partial charge in [0.15, 0.2) is 0 Å². The summed E-state index contributed by atoms with van der Waals surface area (Å²) in [7, 11) is 0. The van der Waals surface area contributed by atoms with Crippen LogP contribution in [-0.4, -0.2) is 16.6 Å². The van der Waals surface area contributed by atoms with Crippen LogP contribution in [0.4, 0.5) is 0 Å². The van der Waals surface area contributed by atoms with Gasteiger partial charge >= 0.3 is 5.97 Å². The first-order valence-corrected chi connectivity index (χ1v) is 7.15. The Balaban J connectivity index is 2.06. The highest BCUT2D eigenvalue weighted by molar-refractivity contribution is 9.10. The van der Waals surface area contributed by atoms with Gasteiger partial charge in [-0.2, -0.15) is 0 Å². The van der Waals surface area contributed by atoms with E-state index in [1.165, 1.54) is 0 Å². The van der Waals surface area contributed by atoms with Crippen molar-refractivity contribution in [3.8, 4) is 0 Å². The van der Waals surface area contributed by atoms with Crippen LogP contribution in [0.5, 0.6) is 0 Å². The molecule has 0 atom stereocenters. The monoisotopic (exact) mass is 311 g/mol. The quantitative estimate of drug-likeness (QED) is 0.896. The van der Waals surface area contributed by atoms with Crippen molar-refractivity contribution < 1.29 is 9.90 Å². The fourth-order valence-corrected chi connectivity index (χ4v) is 2.95. The molecule has 1 aromatic rings. The Morgan fingerprint density at radius 2 is 1.94 bits per heavy atom. The molecule has 18 heavy (non-hydrogen) atoms. The summed E-state index contributed by atoms with van der Waals surface area (Å²) in [6.07, 6.45) is 4.59. The predicted octanol–water partition coefficient (Wildman–Crippen LogP) is 3.33. The fourth-order valence-electron chi connectivity index (χ4n) is 2.53. The van der Waals surface area contributed by atoms with Gasteiger partial charge in [0.2, 0.25) is 0 Å². The van der Waals surface area contributed by atoms with E-state index in [4.69, 9.17) is 0 Å². The molecule has 0 unspecified atom stereocenters. The van der Waals surface area contributed by atoms with Gasteiger partial charge in [-0.15, -0.1) is 0 Å². The molecule has 1 saturated carbocycles. The smallest absolute Gasteiger partial charge is 0.323 e. The van der Waals surface area contributed by atoms with E-state index in [0.29, 0.717) is 6.54 Å². The van der Waals surface area contributed by atoms with E-state index in [9.17, 15) is 9.90 Å². The van der Waals surface area contributed by atoms with Gasteiger partial charge < -0.3 is 5.11 Å². The Kier molecular flexibility index (Phi) is 4.40. The van der Waals surface area contributed by atoms with Gasteiger partial charge in [-0.25, -0.2) is 0 Å². The summed E-state index contributed by atoms with van der Waals surface area (Å²) in [4.78, 5) is 11.5. The van der Waals surface area contributed by atoms with Gasteiger partial charge in [0.1, 0.15) is 5.54 Å².